The standard InChI is InChI=1S/C45H85NO7/c1-4-7-10-13-15-16-17-21-29-36-51-43(48)33-27-23-28-35-46-39-40(47)38-42(46)45(50)52-37-30-22-18-20-26-34-44(49)53-41(31-24-12-9-6-3)32-25-19-14-11-8-5-2/h40-42,47H,4-39H2,1-3H3/t40?,41?,42-/m0/s1. The Morgan fingerprint density at radius 2 is 0.981 bits per heavy atom. The minimum Gasteiger partial charge on any atom is -0.466 e. The Balaban J connectivity index is 2.11. The fourth-order valence-corrected chi connectivity index (χ4v) is 7.43. The van der Waals surface area contributed by atoms with Crippen molar-refractivity contribution in [2.45, 2.75) is 244 Å². The third-order valence-corrected chi connectivity index (χ3v) is 10.8. The molecule has 53 heavy (non-hydrogen) atoms. The van der Waals surface area contributed by atoms with Gasteiger partial charge in [-0.05, 0) is 64.3 Å². The summed E-state index contributed by atoms with van der Waals surface area (Å²) >= 11 is 0. The molecule has 1 rings (SSSR count). The minimum atomic E-state index is -0.512. The maximum atomic E-state index is 12.8. The smallest absolute Gasteiger partial charge is 0.323 e. The summed E-state index contributed by atoms with van der Waals surface area (Å²) in [7, 11) is 0. The summed E-state index contributed by atoms with van der Waals surface area (Å²) in [5.74, 6) is -0.397. The van der Waals surface area contributed by atoms with Crippen molar-refractivity contribution >= 4 is 17.9 Å². The molecule has 0 aliphatic carbocycles. The third-order valence-electron chi connectivity index (χ3n) is 10.8. The predicted octanol–water partition coefficient (Wildman–Crippen LogP) is 11.6. The average molecular weight is 752 g/mol. The monoisotopic (exact) mass is 752 g/mol. The lowest BCUT2D eigenvalue weighted by atomic mass is 10.0. The Morgan fingerprint density at radius 3 is 1.55 bits per heavy atom. The van der Waals surface area contributed by atoms with Gasteiger partial charge in [-0.2, -0.15) is 0 Å². The molecule has 0 radical (unpaired) electrons. The van der Waals surface area contributed by atoms with Crippen molar-refractivity contribution in [3.05, 3.63) is 0 Å². The normalized spacial score (nSPS) is 16.5. The second kappa shape index (κ2) is 36.0. The van der Waals surface area contributed by atoms with Crippen molar-refractivity contribution in [1.29, 1.82) is 0 Å². The van der Waals surface area contributed by atoms with E-state index in [4.69, 9.17) is 14.2 Å². The Kier molecular flexibility index (Phi) is 33.5. The number of hydrogen-bond donors (Lipinski definition) is 1. The summed E-state index contributed by atoms with van der Waals surface area (Å²) in [5.41, 5.74) is 0. The number of β-amino-alcohol motifs (C(OH)–C–C–N with tert-alkyl or cyclic N) is 1. The van der Waals surface area contributed by atoms with Crippen LogP contribution in [0.5, 0.6) is 0 Å². The van der Waals surface area contributed by atoms with Gasteiger partial charge in [-0.15, -0.1) is 0 Å². The molecule has 8 nitrogen and oxygen atoms in total. The Bertz CT molecular complexity index is 868. The van der Waals surface area contributed by atoms with Gasteiger partial charge in [-0.25, -0.2) is 0 Å². The van der Waals surface area contributed by atoms with Gasteiger partial charge in [-0.1, -0.05) is 149 Å². The van der Waals surface area contributed by atoms with Crippen LogP contribution in [-0.2, 0) is 28.6 Å². The highest BCUT2D eigenvalue weighted by Crippen LogP contribution is 2.21. The summed E-state index contributed by atoms with van der Waals surface area (Å²) in [5, 5.41) is 10.3. The highest BCUT2D eigenvalue weighted by atomic mass is 16.5. The molecule has 1 heterocycles. The van der Waals surface area contributed by atoms with Gasteiger partial charge >= 0.3 is 17.9 Å². The zero-order valence-electron chi connectivity index (χ0n) is 35.0. The van der Waals surface area contributed by atoms with E-state index in [0.29, 0.717) is 45.6 Å². The van der Waals surface area contributed by atoms with E-state index in [9.17, 15) is 19.5 Å². The Labute approximate surface area is 326 Å². The molecule has 1 aliphatic rings. The molecule has 8 heteroatoms. The zero-order valence-corrected chi connectivity index (χ0v) is 35.0. The first-order valence-corrected chi connectivity index (χ1v) is 22.8. The molecule has 0 aromatic rings. The maximum Gasteiger partial charge on any atom is 0.323 e. The molecule has 3 atom stereocenters. The predicted molar refractivity (Wildman–Crippen MR) is 218 cm³/mol. The van der Waals surface area contributed by atoms with Gasteiger partial charge in [-0.3, -0.25) is 19.3 Å². The molecular weight excluding hydrogens is 666 g/mol. The number of ether oxygens (including phenoxy) is 3. The molecule has 0 aromatic carbocycles. The van der Waals surface area contributed by atoms with E-state index >= 15 is 0 Å². The molecule has 0 amide bonds. The van der Waals surface area contributed by atoms with Crippen LogP contribution >= 0.6 is 0 Å². The average Bonchev–Trinajstić information content (AvgIpc) is 3.53. The number of hydrogen-bond acceptors (Lipinski definition) is 8. The second-order valence-corrected chi connectivity index (χ2v) is 16.0. The quantitative estimate of drug-likeness (QED) is 0.0378. The lowest BCUT2D eigenvalue weighted by molar-refractivity contribution is -0.150. The topological polar surface area (TPSA) is 102 Å². The SMILES string of the molecule is CCCCCCCCCCCOC(=O)CCCCCN1CC(O)C[C@H]1C(=O)OCCCCCCCC(=O)OC(CCCCCC)CCCCCCCC. The lowest BCUT2D eigenvalue weighted by Gasteiger charge is -2.22. The molecule has 0 spiro atoms. The Morgan fingerprint density at radius 1 is 0.547 bits per heavy atom. The number of unbranched alkanes of at least 4 members (excludes halogenated alkanes) is 22. The summed E-state index contributed by atoms with van der Waals surface area (Å²) in [6, 6.07) is -0.395. The van der Waals surface area contributed by atoms with Crippen molar-refractivity contribution in [2.75, 3.05) is 26.3 Å². The molecule has 1 fully saturated rings. The number of aliphatic hydroxyl groups is 1. The van der Waals surface area contributed by atoms with Crippen LogP contribution in [0.15, 0.2) is 0 Å². The molecular formula is C45H85NO7. The van der Waals surface area contributed by atoms with Gasteiger partial charge in [0.05, 0.1) is 19.3 Å². The molecule has 1 N–H and O–H groups in total. The fourth-order valence-electron chi connectivity index (χ4n) is 7.43. The Hall–Kier alpha value is -1.67. The number of esters is 3. The van der Waals surface area contributed by atoms with Crippen LogP contribution < -0.4 is 0 Å². The van der Waals surface area contributed by atoms with Gasteiger partial charge in [0, 0.05) is 25.8 Å². The van der Waals surface area contributed by atoms with E-state index in [-0.39, 0.29) is 24.0 Å². The second-order valence-electron chi connectivity index (χ2n) is 16.0. The highest BCUT2D eigenvalue weighted by Gasteiger charge is 2.36. The first-order valence-electron chi connectivity index (χ1n) is 22.8. The summed E-state index contributed by atoms with van der Waals surface area (Å²) in [6.45, 7) is 8.83. The van der Waals surface area contributed by atoms with Crippen LogP contribution in [0, 0.1) is 0 Å². The van der Waals surface area contributed by atoms with Gasteiger partial charge < -0.3 is 19.3 Å². The van der Waals surface area contributed by atoms with Crippen molar-refractivity contribution < 1.29 is 33.7 Å². The summed E-state index contributed by atoms with van der Waals surface area (Å²) < 4.78 is 17.0. The molecule has 0 saturated carbocycles. The number of likely N-dealkylation sites (tertiary alicyclic amines) is 1. The number of rotatable bonds is 38. The number of carbonyl (C=O) groups excluding carboxylic acids is 3. The first-order chi connectivity index (χ1) is 25.9. The van der Waals surface area contributed by atoms with E-state index in [1.54, 1.807) is 0 Å². The molecule has 0 bridgehead atoms. The fraction of sp³-hybridized carbons (Fsp3) is 0.933. The van der Waals surface area contributed by atoms with Crippen molar-refractivity contribution in [1.82, 2.24) is 4.90 Å². The van der Waals surface area contributed by atoms with Crippen LogP contribution in [-0.4, -0.2) is 72.5 Å². The molecule has 312 valence electrons. The maximum absolute atomic E-state index is 12.8. The van der Waals surface area contributed by atoms with E-state index in [1.165, 1.54) is 96.3 Å². The summed E-state index contributed by atoms with van der Waals surface area (Å²) in [6.07, 6.45) is 33.6. The van der Waals surface area contributed by atoms with Crippen LogP contribution in [0.2, 0.25) is 0 Å². The van der Waals surface area contributed by atoms with Crippen LogP contribution in [0.3, 0.4) is 0 Å². The van der Waals surface area contributed by atoms with Crippen LogP contribution in [0.1, 0.15) is 226 Å². The van der Waals surface area contributed by atoms with Gasteiger partial charge in [0.1, 0.15) is 12.1 Å². The lowest BCUT2D eigenvalue weighted by Crippen LogP contribution is -2.38. The van der Waals surface area contributed by atoms with Crippen molar-refractivity contribution in [3.8, 4) is 0 Å². The van der Waals surface area contributed by atoms with E-state index < -0.39 is 12.1 Å². The van der Waals surface area contributed by atoms with Gasteiger partial charge in [0.15, 0.2) is 0 Å². The van der Waals surface area contributed by atoms with E-state index in [1.807, 2.05) is 4.90 Å². The third kappa shape index (κ3) is 29.3. The highest BCUT2D eigenvalue weighted by molar-refractivity contribution is 5.76. The van der Waals surface area contributed by atoms with E-state index in [2.05, 4.69) is 20.8 Å². The van der Waals surface area contributed by atoms with Crippen molar-refractivity contribution in [2.24, 2.45) is 0 Å². The molecule has 1 aliphatic heterocycles. The number of nitrogens with zero attached hydrogens (tertiary/aromatic N) is 1. The van der Waals surface area contributed by atoms with Crippen LogP contribution in [0.25, 0.3) is 0 Å². The molecule has 2 unspecified atom stereocenters. The molecule has 1 saturated heterocycles. The van der Waals surface area contributed by atoms with Crippen molar-refractivity contribution in [3.63, 3.8) is 0 Å². The van der Waals surface area contributed by atoms with Crippen LogP contribution in [0.4, 0.5) is 0 Å². The zero-order chi connectivity index (χ0) is 38.6. The number of aliphatic hydroxyl groups excluding tert-OH is 1. The van der Waals surface area contributed by atoms with E-state index in [0.717, 1.165) is 89.9 Å². The summed E-state index contributed by atoms with van der Waals surface area (Å²) in [4.78, 5) is 39.6. The van der Waals surface area contributed by atoms with Gasteiger partial charge in [0.25, 0.3) is 0 Å². The minimum absolute atomic E-state index is 0.0456. The molecule has 0 aromatic heterocycles. The number of carbonyl (C=O) groups is 3. The van der Waals surface area contributed by atoms with Gasteiger partial charge in [0.2, 0.25) is 0 Å². The first kappa shape index (κ1) is 49.3. The largest absolute Gasteiger partial charge is 0.466 e.